The van der Waals surface area contributed by atoms with Crippen molar-refractivity contribution in [1.29, 1.82) is 0 Å². The number of carbonyl (C=O) groups excluding carboxylic acids is 3. The molecule has 0 radical (unpaired) electrons. The molecule has 3 unspecified atom stereocenters. The number of Topliss-reactive ketones (excluding diaryl/α,β-unsaturated/α-hetero) is 1. The van der Waals surface area contributed by atoms with Crippen LogP contribution in [0.4, 0.5) is 0 Å². The highest BCUT2D eigenvalue weighted by atomic mass is 16.5. The zero-order valence-electron chi connectivity index (χ0n) is 25.5. The van der Waals surface area contributed by atoms with Gasteiger partial charge in [-0.3, -0.25) is 9.59 Å². The molecule has 0 spiro atoms. The summed E-state index contributed by atoms with van der Waals surface area (Å²) in [5, 5.41) is 0. The Hall–Kier alpha value is -3.19. The van der Waals surface area contributed by atoms with Crippen molar-refractivity contribution in [3.8, 4) is 5.75 Å². The molecule has 2 bridgehead atoms. The van der Waals surface area contributed by atoms with E-state index in [2.05, 4.69) is 12.1 Å². The van der Waals surface area contributed by atoms with E-state index in [4.69, 9.17) is 14.2 Å². The van der Waals surface area contributed by atoms with Crippen molar-refractivity contribution in [2.24, 2.45) is 5.41 Å². The first kappa shape index (κ1) is 31.7. The molecule has 7 heteroatoms. The maximum atomic E-state index is 13.8. The number of esters is 1. The van der Waals surface area contributed by atoms with Gasteiger partial charge in [0.15, 0.2) is 0 Å². The Kier molecular flexibility index (Phi) is 11.6. The Morgan fingerprint density at radius 2 is 1.64 bits per heavy atom. The van der Waals surface area contributed by atoms with Crippen LogP contribution in [0.1, 0.15) is 95.8 Å². The topological polar surface area (TPSA) is 82.1 Å². The molecule has 42 heavy (non-hydrogen) atoms. The predicted octanol–water partition coefficient (Wildman–Crippen LogP) is 6.63. The molecule has 1 saturated heterocycles. The maximum absolute atomic E-state index is 13.8. The summed E-state index contributed by atoms with van der Waals surface area (Å²) in [5.74, 6) is -0.858. The Balaban J connectivity index is 1.59. The number of ether oxygens (including phenoxy) is 3. The zero-order chi connectivity index (χ0) is 30.0. The van der Waals surface area contributed by atoms with Crippen molar-refractivity contribution >= 4 is 17.7 Å². The van der Waals surface area contributed by atoms with Crippen LogP contribution in [0.15, 0.2) is 54.6 Å². The number of hydrogen-bond acceptors (Lipinski definition) is 6. The molecule has 3 atom stereocenters. The van der Waals surface area contributed by atoms with Crippen molar-refractivity contribution in [3.63, 3.8) is 0 Å². The van der Waals surface area contributed by atoms with Crippen LogP contribution in [0.25, 0.3) is 0 Å². The second-order valence-electron chi connectivity index (χ2n) is 12.4. The van der Waals surface area contributed by atoms with Crippen molar-refractivity contribution < 1.29 is 28.6 Å². The minimum absolute atomic E-state index is 0.00851. The molecule has 0 aliphatic carbocycles. The van der Waals surface area contributed by atoms with E-state index >= 15 is 0 Å². The molecule has 7 nitrogen and oxygen atoms in total. The molecule has 0 N–H and O–H groups in total. The lowest BCUT2D eigenvalue weighted by molar-refractivity contribution is -0.165. The number of rotatable bonds is 3. The summed E-state index contributed by atoms with van der Waals surface area (Å²) in [4.78, 5) is 42.2. The third-order valence-corrected chi connectivity index (χ3v) is 8.37. The average Bonchev–Trinajstić information content (AvgIpc) is 3.01. The summed E-state index contributed by atoms with van der Waals surface area (Å²) in [6.07, 6.45) is 7.80. The van der Waals surface area contributed by atoms with Crippen LogP contribution >= 0.6 is 0 Å². The molecule has 4 rings (SSSR count). The number of nitrogens with zero attached hydrogens (tertiary/aromatic N) is 1. The first-order valence-electron chi connectivity index (χ1n) is 15.7. The highest BCUT2D eigenvalue weighted by molar-refractivity contribution is 6.38. The molecule has 0 saturated carbocycles. The molecule has 1 fully saturated rings. The first-order chi connectivity index (χ1) is 20.2. The van der Waals surface area contributed by atoms with E-state index in [0.717, 1.165) is 68.2 Å². The third kappa shape index (κ3) is 8.90. The quantitative estimate of drug-likeness (QED) is 0.301. The van der Waals surface area contributed by atoms with Gasteiger partial charge in [0.05, 0.1) is 24.7 Å². The number of aryl methyl sites for hydroxylation is 1. The molecule has 2 heterocycles. The number of benzene rings is 2. The van der Waals surface area contributed by atoms with Gasteiger partial charge in [0.1, 0.15) is 17.9 Å². The fraction of sp³-hybridized carbons (Fsp3) is 0.571. The molecule has 2 aliphatic heterocycles. The fourth-order valence-electron chi connectivity index (χ4n) is 5.68. The van der Waals surface area contributed by atoms with Crippen LogP contribution in [-0.4, -0.2) is 54.5 Å². The molecule has 2 aromatic rings. The minimum Gasteiger partial charge on any atom is -0.494 e. The van der Waals surface area contributed by atoms with Crippen molar-refractivity contribution in [2.45, 2.75) is 103 Å². The molecule has 2 aliphatic rings. The largest absolute Gasteiger partial charge is 0.494 e. The van der Waals surface area contributed by atoms with Crippen LogP contribution in [0.2, 0.25) is 0 Å². The van der Waals surface area contributed by atoms with E-state index in [-0.39, 0.29) is 12.7 Å². The smallest absolute Gasteiger partial charge is 0.329 e. The summed E-state index contributed by atoms with van der Waals surface area (Å²) in [7, 11) is 0. The standard InChI is InChI=1S/C35H47NO6/c1-26-14-7-4-5-12-23-40-29-18-13-17-28(24-29)31(21-20-27-15-8-6-9-16-27)42-34(39)30-19-10-11-22-36(30)33(38)32(37)35(2,3)25-41-26/h6,8-9,13,15-18,24,26,30-31H,4-5,7,10-12,14,19-23,25H2,1-3H3. The Labute approximate surface area is 250 Å². The maximum Gasteiger partial charge on any atom is 0.329 e. The van der Waals surface area contributed by atoms with Crippen LogP contribution in [0, 0.1) is 5.41 Å². The number of carbonyl (C=O) groups is 3. The molecule has 0 aromatic heterocycles. The second kappa shape index (κ2) is 15.3. The van der Waals surface area contributed by atoms with Gasteiger partial charge in [-0.05, 0) is 75.1 Å². The van der Waals surface area contributed by atoms with Crippen LogP contribution < -0.4 is 4.74 Å². The molecule has 228 valence electrons. The van der Waals surface area contributed by atoms with E-state index in [9.17, 15) is 14.4 Å². The van der Waals surface area contributed by atoms with Gasteiger partial charge in [-0.2, -0.15) is 0 Å². The lowest BCUT2D eigenvalue weighted by Crippen LogP contribution is -2.53. The summed E-state index contributed by atoms with van der Waals surface area (Å²) in [5.41, 5.74) is 1.02. The van der Waals surface area contributed by atoms with E-state index in [0.29, 0.717) is 26.0 Å². The Bertz CT molecular complexity index is 1180. The third-order valence-electron chi connectivity index (χ3n) is 8.37. The lowest BCUT2D eigenvalue weighted by Gasteiger charge is -2.36. The van der Waals surface area contributed by atoms with E-state index in [1.165, 1.54) is 4.90 Å². The molecular formula is C35H47NO6. The zero-order valence-corrected chi connectivity index (χ0v) is 25.5. The van der Waals surface area contributed by atoms with Gasteiger partial charge in [-0.1, -0.05) is 75.6 Å². The van der Waals surface area contributed by atoms with Gasteiger partial charge in [-0.15, -0.1) is 0 Å². The average molecular weight is 578 g/mol. The number of ketones is 1. The predicted molar refractivity (Wildman–Crippen MR) is 162 cm³/mol. The van der Waals surface area contributed by atoms with E-state index in [1.807, 2.05) is 49.4 Å². The molecule has 2 aromatic carbocycles. The van der Waals surface area contributed by atoms with Crippen molar-refractivity contribution in [1.82, 2.24) is 4.90 Å². The number of fused-ring (bicyclic) bond motifs is 3. The number of amides is 1. The van der Waals surface area contributed by atoms with Crippen LogP contribution in [-0.2, 0) is 30.3 Å². The monoisotopic (exact) mass is 577 g/mol. The number of hydrogen-bond donors (Lipinski definition) is 0. The second-order valence-corrected chi connectivity index (χ2v) is 12.4. The van der Waals surface area contributed by atoms with Crippen LogP contribution in [0.3, 0.4) is 0 Å². The van der Waals surface area contributed by atoms with Crippen molar-refractivity contribution in [2.75, 3.05) is 19.8 Å². The Morgan fingerprint density at radius 3 is 2.45 bits per heavy atom. The van der Waals surface area contributed by atoms with Gasteiger partial charge in [-0.25, -0.2) is 4.79 Å². The van der Waals surface area contributed by atoms with Gasteiger partial charge in [0.2, 0.25) is 5.78 Å². The normalized spacial score (nSPS) is 25.0. The molecule has 1 amide bonds. The van der Waals surface area contributed by atoms with Gasteiger partial charge >= 0.3 is 5.97 Å². The first-order valence-corrected chi connectivity index (χ1v) is 15.7. The SMILES string of the molecule is CC1CCCCCCOc2cccc(c2)C(CCc2ccccc2)OC(=O)C2CCCCN2C(=O)C(=O)C(C)(C)CO1. The van der Waals surface area contributed by atoms with Crippen LogP contribution in [0.5, 0.6) is 5.75 Å². The van der Waals surface area contributed by atoms with E-state index in [1.54, 1.807) is 13.8 Å². The highest BCUT2D eigenvalue weighted by Crippen LogP contribution is 2.30. The van der Waals surface area contributed by atoms with Gasteiger partial charge in [0, 0.05) is 6.54 Å². The number of piperidine rings is 1. The van der Waals surface area contributed by atoms with Gasteiger partial charge < -0.3 is 19.1 Å². The molecular weight excluding hydrogens is 530 g/mol. The summed E-state index contributed by atoms with van der Waals surface area (Å²) in [6.45, 7) is 6.65. The van der Waals surface area contributed by atoms with E-state index < -0.39 is 35.2 Å². The summed E-state index contributed by atoms with van der Waals surface area (Å²) >= 11 is 0. The van der Waals surface area contributed by atoms with Crippen molar-refractivity contribution in [3.05, 3.63) is 65.7 Å². The highest BCUT2D eigenvalue weighted by Gasteiger charge is 2.42. The number of cyclic esters (lactones) is 1. The summed E-state index contributed by atoms with van der Waals surface area (Å²) < 4.78 is 18.3. The Morgan fingerprint density at radius 1 is 0.881 bits per heavy atom. The minimum atomic E-state index is -0.994. The lowest BCUT2D eigenvalue weighted by atomic mass is 9.87. The van der Waals surface area contributed by atoms with Gasteiger partial charge in [0.25, 0.3) is 5.91 Å². The summed E-state index contributed by atoms with van der Waals surface area (Å²) in [6, 6.07) is 17.1. The fourth-order valence-corrected chi connectivity index (χ4v) is 5.68.